The highest BCUT2D eigenvalue weighted by atomic mass is 32.2. The first-order chi connectivity index (χ1) is 12.8. The van der Waals surface area contributed by atoms with Crippen molar-refractivity contribution in [2.24, 2.45) is 0 Å². The Balaban J connectivity index is 1.80. The van der Waals surface area contributed by atoms with E-state index in [1.54, 1.807) is 37.5 Å². The number of nitrogens with one attached hydrogen (secondary N) is 1. The Bertz CT molecular complexity index is 894. The number of hydrogen-bond acceptors (Lipinski definition) is 5. The number of thioether (sulfide) groups is 1. The van der Waals surface area contributed by atoms with Gasteiger partial charge in [-0.3, -0.25) is 15.1 Å². The Labute approximate surface area is 156 Å². The average molecular weight is 394 g/mol. The maximum Gasteiger partial charge on any atom is 0.573 e. The molecule has 1 heterocycles. The fourth-order valence-electron chi connectivity index (χ4n) is 2.37. The first-order valence-corrected chi connectivity index (χ1v) is 8.41. The molecule has 140 valence electrons. The van der Waals surface area contributed by atoms with E-state index in [4.69, 9.17) is 10.1 Å². The van der Waals surface area contributed by atoms with Crippen molar-refractivity contribution in [3.05, 3.63) is 59.0 Å². The molecule has 2 aromatic carbocycles. The van der Waals surface area contributed by atoms with Crippen LogP contribution in [0.25, 0.3) is 6.08 Å². The van der Waals surface area contributed by atoms with Crippen molar-refractivity contribution in [2.75, 3.05) is 12.0 Å². The third-order valence-electron chi connectivity index (χ3n) is 3.57. The van der Waals surface area contributed by atoms with E-state index in [2.05, 4.69) is 4.74 Å². The Hall–Kier alpha value is -2.94. The highest BCUT2D eigenvalue weighted by Crippen LogP contribution is 2.36. The zero-order valence-electron chi connectivity index (χ0n) is 13.9. The Morgan fingerprint density at radius 3 is 2.19 bits per heavy atom. The first-order valence-electron chi connectivity index (χ1n) is 7.59. The molecule has 0 radical (unpaired) electrons. The molecule has 0 spiro atoms. The average Bonchev–Trinajstić information content (AvgIpc) is 2.89. The monoisotopic (exact) mass is 394 g/mol. The van der Waals surface area contributed by atoms with Crippen LogP contribution >= 0.6 is 11.8 Å². The van der Waals surface area contributed by atoms with Gasteiger partial charge in [0.1, 0.15) is 11.5 Å². The molecule has 2 aromatic rings. The van der Waals surface area contributed by atoms with Gasteiger partial charge in [-0.2, -0.15) is 0 Å². The lowest BCUT2D eigenvalue weighted by Gasteiger charge is -2.15. The van der Waals surface area contributed by atoms with Gasteiger partial charge in [0.15, 0.2) is 5.17 Å². The lowest BCUT2D eigenvalue weighted by molar-refractivity contribution is -0.274. The molecule has 3 rings (SSSR count). The number of carbonyl (C=O) groups is 1. The summed E-state index contributed by atoms with van der Waals surface area (Å²) in [7, 11) is 1.55. The van der Waals surface area contributed by atoms with Crippen molar-refractivity contribution in [3.63, 3.8) is 0 Å². The van der Waals surface area contributed by atoms with Crippen LogP contribution in [-0.4, -0.2) is 24.5 Å². The van der Waals surface area contributed by atoms with Crippen LogP contribution in [0.15, 0.2) is 53.4 Å². The number of anilines is 1. The van der Waals surface area contributed by atoms with Crippen molar-refractivity contribution in [2.45, 2.75) is 6.36 Å². The summed E-state index contributed by atoms with van der Waals surface area (Å²) in [6.45, 7) is 0. The maximum atomic E-state index is 12.6. The molecule has 1 aliphatic heterocycles. The number of benzene rings is 2. The summed E-state index contributed by atoms with van der Waals surface area (Å²) in [6, 6.07) is 11.8. The summed E-state index contributed by atoms with van der Waals surface area (Å²) in [6.07, 6.45) is -3.15. The lowest BCUT2D eigenvalue weighted by atomic mass is 10.2. The van der Waals surface area contributed by atoms with E-state index in [0.29, 0.717) is 10.7 Å². The predicted octanol–water partition coefficient (Wildman–Crippen LogP) is 4.65. The van der Waals surface area contributed by atoms with Crippen LogP contribution in [0.2, 0.25) is 0 Å². The van der Waals surface area contributed by atoms with Gasteiger partial charge in [0.05, 0.1) is 17.7 Å². The number of ether oxygens (including phenoxy) is 2. The summed E-state index contributed by atoms with van der Waals surface area (Å²) in [5.41, 5.74) is 1.04. The van der Waals surface area contributed by atoms with E-state index in [-0.39, 0.29) is 10.9 Å². The second-order valence-electron chi connectivity index (χ2n) is 5.37. The highest BCUT2D eigenvalue weighted by molar-refractivity contribution is 8.19. The van der Waals surface area contributed by atoms with Gasteiger partial charge in [0.2, 0.25) is 0 Å². The molecule has 0 saturated carbocycles. The molecule has 9 heteroatoms. The molecule has 0 unspecified atom stereocenters. The van der Waals surface area contributed by atoms with E-state index < -0.39 is 18.0 Å². The van der Waals surface area contributed by atoms with E-state index in [0.717, 1.165) is 34.4 Å². The molecule has 1 amide bonds. The summed E-state index contributed by atoms with van der Waals surface area (Å²) >= 11 is 0.974. The minimum Gasteiger partial charge on any atom is -0.497 e. The van der Waals surface area contributed by atoms with Gasteiger partial charge in [-0.25, -0.2) is 0 Å². The first kappa shape index (κ1) is 18.8. The maximum absolute atomic E-state index is 12.6. The molecule has 0 aromatic heterocycles. The topological polar surface area (TPSA) is 62.6 Å². The SMILES string of the molecule is COc1ccc(/C=C2\SC(=N)N(c3ccc(OC(F)(F)F)cc3)C2=O)cc1. The zero-order chi connectivity index (χ0) is 19.6. The number of nitrogens with zero attached hydrogens (tertiary/aromatic N) is 1. The summed E-state index contributed by atoms with van der Waals surface area (Å²) in [5.74, 6) is -0.144. The molecule has 0 atom stereocenters. The van der Waals surface area contributed by atoms with Gasteiger partial charge >= 0.3 is 6.36 Å². The highest BCUT2D eigenvalue weighted by Gasteiger charge is 2.34. The van der Waals surface area contributed by atoms with Gasteiger partial charge in [-0.05, 0) is 59.8 Å². The number of alkyl halides is 3. The summed E-state index contributed by atoms with van der Waals surface area (Å²) in [5, 5.41) is 7.99. The molecule has 5 nitrogen and oxygen atoms in total. The third kappa shape index (κ3) is 4.43. The molecule has 1 saturated heterocycles. The van der Waals surface area contributed by atoms with Crippen molar-refractivity contribution in [1.29, 1.82) is 5.41 Å². The van der Waals surface area contributed by atoms with E-state index in [1.807, 2.05) is 0 Å². The van der Waals surface area contributed by atoms with Crippen LogP contribution in [0.4, 0.5) is 18.9 Å². The number of methoxy groups -OCH3 is 1. The van der Waals surface area contributed by atoms with E-state index in [1.165, 1.54) is 12.1 Å². The number of halogens is 3. The molecular weight excluding hydrogens is 381 g/mol. The van der Waals surface area contributed by atoms with Gasteiger partial charge < -0.3 is 9.47 Å². The number of hydrogen-bond donors (Lipinski definition) is 1. The molecule has 27 heavy (non-hydrogen) atoms. The minimum absolute atomic E-state index is 0.0377. The normalized spacial score (nSPS) is 16.1. The predicted molar refractivity (Wildman–Crippen MR) is 96.9 cm³/mol. The smallest absolute Gasteiger partial charge is 0.497 e. The third-order valence-corrected chi connectivity index (χ3v) is 4.45. The van der Waals surface area contributed by atoms with Crippen LogP contribution < -0.4 is 14.4 Å². The van der Waals surface area contributed by atoms with Crippen molar-refractivity contribution < 1.29 is 27.4 Å². The molecule has 1 N–H and O–H groups in total. The van der Waals surface area contributed by atoms with Crippen LogP contribution in [0, 0.1) is 5.41 Å². The Morgan fingerprint density at radius 2 is 1.63 bits per heavy atom. The van der Waals surface area contributed by atoms with Crippen LogP contribution in [0.5, 0.6) is 11.5 Å². The van der Waals surface area contributed by atoms with Crippen LogP contribution in [-0.2, 0) is 4.79 Å². The number of amides is 1. The van der Waals surface area contributed by atoms with Gasteiger partial charge in [-0.15, -0.1) is 13.2 Å². The van der Waals surface area contributed by atoms with Crippen molar-refractivity contribution in [1.82, 2.24) is 0 Å². The lowest BCUT2D eigenvalue weighted by Crippen LogP contribution is -2.28. The fourth-order valence-corrected chi connectivity index (χ4v) is 3.23. The molecular formula is C18H13F3N2O3S. The molecule has 0 bridgehead atoms. The van der Waals surface area contributed by atoms with E-state index >= 15 is 0 Å². The summed E-state index contributed by atoms with van der Waals surface area (Å²) in [4.78, 5) is 14.1. The second kappa shape index (κ2) is 7.36. The fraction of sp³-hybridized carbons (Fsp3) is 0.111. The number of rotatable bonds is 4. The quantitative estimate of drug-likeness (QED) is 0.767. The van der Waals surface area contributed by atoms with Crippen molar-refractivity contribution in [3.8, 4) is 11.5 Å². The summed E-state index contributed by atoms with van der Waals surface area (Å²) < 4.78 is 45.6. The Morgan fingerprint density at radius 1 is 1.04 bits per heavy atom. The van der Waals surface area contributed by atoms with Crippen molar-refractivity contribution >= 4 is 34.6 Å². The van der Waals surface area contributed by atoms with Crippen LogP contribution in [0.1, 0.15) is 5.56 Å². The number of amidine groups is 1. The Kier molecular flexibility index (Phi) is 5.13. The van der Waals surface area contributed by atoms with Crippen LogP contribution in [0.3, 0.4) is 0 Å². The van der Waals surface area contributed by atoms with Gasteiger partial charge in [0, 0.05) is 0 Å². The second-order valence-corrected chi connectivity index (χ2v) is 6.40. The number of carbonyl (C=O) groups excluding carboxylic acids is 1. The standard InChI is InChI=1S/C18H13F3N2O3S/c1-25-13-6-2-11(3-7-13)10-15-16(24)23(17(22)27-15)12-4-8-14(9-5-12)26-18(19,20)21/h2-10,22H,1H3/b15-10-,22-17?. The zero-order valence-corrected chi connectivity index (χ0v) is 14.7. The van der Waals surface area contributed by atoms with Gasteiger partial charge in [-0.1, -0.05) is 12.1 Å². The molecule has 1 aliphatic rings. The molecule has 0 aliphatic carbocycles. The largest absolute Gasteiger partial charge is 0.573 e. The van der Waals surface area contributed by atoms with Gasteiger partial charge in [0.25, 0.3) is 5.91 Å². The minimum atomic E-state index is -4.79. The van der Waals surface area contributed by atoms with E-state index in [9.17, 15) is 18.0 Å². The molecule has 1 fully saturated rings.